The maximum atomic E-state index is 12.4. The van der Waals surface area contributed by atoms with Crippen molar-refractivity contribution < 1.29 is 13.9 Å². The van der Waals surface area contributed by atoms with Crippen molar-refractivity contribution in [2.24, 2.45) is 0 Å². The highest BCUT2D eigenvalue weighted by Crippen LogP contribution is 2.04. The summed E-state index contributed by atoms with van der Waals surface area (Å²) in [6, 6.07) is 5.34. The first-order valence-corrected chi connectivity index (χ1v) is 3.73. The molecule has 1 rings (SSSR count). The molecule has 0 atom stereocenters. The minimum absolute atomic E-state index is 0.207. The van der Waals surface area contributed by atoms with Crippen molar-refractivity contribution >= 4 is 5.78 Å². The van der Waals surface area contributed by atoms with Crippen molar-refractivity contribution in [3.8, 4) is 0 Å². The molecule has 0 aromatic heterocycles. The summed E-state index contributed by atoms with van der Waals surface area (Å²) in [6.45, 7) is 0. The first-order valence-electron chi connectivity index (χ1n) is 3.73. The van der Waals surface area contributed by atoms with Crippen LogP contribution in [0.2, 0.25) is 0 Å². The van der Waals surface area contributed by atoms with E-state index in [0.717, 1.165) is 0 Å². The quantitative estimate of drug-likeness (QED) is 0.405. The van der Waals surface area contributed by atoms with Crippen molar-refractivity contribution in [3.05, 3.63) is 48.0 Å². The lowest BCUT2D eigenvalue weighted by Crippen LogP contribution is -1.93. The van der Waals surface area contributed by atoms with Crippen LogP contribution < -0.4 is 0 Å². The fraction of sp³-hybridized carbons (Fsp3) is 0.100. The summed E-state index contributed by atoms with van der Waals surface area (Å²) >= 11 is 0. The Bertz CT molecular complexity index is 314. The van der Waals surface area contributed by atoms with Gasteiger partial charge in [0.05, 0.1) is 13.4 Å². The average Bonchev–Trinajstić information content (AvgIpc) is 2.15. The van der Waals surface area contributed by atoms with Crippen LogP contribution in [0.25, 0.3) is 0 Å². The predicted octanol–water partition coefficient (Wildman–Crippen LogP) is 2.17. The standard InChI is InChI=1S/C10H9FO2/c1-13-7-6-10(12)8-2-4-9(11)5-3-8/h2-7H,1H3. The summed E-state index contributed by atoms with van der Waals surface area (Å²) in [4.78, 5) is 11.2. The molecule has 0 N–H and O–H groups in total. The normalized spacial score (nSPS) is 10.3. The third kappa shape index (κ3) is 2.71. The van der Waals surface area contributed by atoms with Crippen LogP contribution in [0.15, 0.2) is 36.6 Å². The van der Waals surface area contributed by atoms with Crippen molar-refractivity contribution in [3.63, 3.8) is 0 Å². The number of carbonyl (C=O) groups excluding carboxylic acids is 1. The SMILES string of the molecule is COC=CC(=O)c1ccc(F)cc1. The molecule has 0 aliphatic rings. The molecule has 0 amide bonds. The van der Waals surface area contributed by atoms with E-state index in [9.17, 15) is 9.18 Å². The van der Waals surface area contributed by atoms with Gasteiger partial charge in [-0.05, 0) is 24.3 Å². The summed E-state index contributed by atoms with van der Waals surface area (Å²) in [6.07, 6.45) is 2.57. The largest absolute Gasteiger partial charge is 0.504 e. The minimum atomic E-state index is -0.354. The lowest BCUT2D eigenvalue weighted by molar-refractivity contribution is 0.104. The number of hydrogen-bond acceptors (Lipinski definition) is 2. The molecule has 0 aliphatic carbocycles. The molecule has 0 saturated carbocycles. The van der Waals surface area contributed by atoms with Gasteiger partial charge < -0.3 is 4.74 Å². The van der Waals surface area contributed by atoms with Crippen molar-refractivity contribution in [1.82, 2.24) is 0 Å². The highest BCUT2D eigenvalue weighted by Gasteiger charge is 2.00. The molecule has 68 valence electrons. The summed E-state index contributed by atoms with van der Waals surface area (Å²) in [5.74, 6) is -0.561. The molecule has 0 radical (unpaired) electrons. The van der Waals surface area contributed by atoms with Crippen LogP contribution in [-0.2, 0) is 4.74 Å². The summed E-state index contributed by atoms with van der Waals surface area (Å²) < 4.78 is 17.0. The van der Waals surface area contributed by atoms with Gasteiger partial charge in [-0.2, -0.15) is 0 Å². The number of benzene rings is 1. The van der Waals surface area contributed by atoms with E-state index in [1.165, 1.54) is 43.7 Å². The summed E-state index contributed by atoms with van der Waals surface area (Å²) in [5, 5.41) is 0. The Morgan fingerprint density at radius 2 is 2.00 bits per heavy atom. The molecule has 3 heteroatoms. The molecule has 0 unspecified atom stereocenters. The zero-order valence-electron chi connectivity index (χ0n) is 7.16. The second-order valence-corrected chi connectivity index (χ2v) is 2.41. The number of ether oxygens (including phenoxy) is 1. The van der Waals surface area contributed by atoms with Gasteiger partial charge in [0, 0.05) is 11.6 Å². The molecule has 0 aliphatic heterocycles. The van der Waals surface area contributed by atoms with Crippen LogP contribution in [0.5, 0.6) is 0 Å². The van der Waals surface area contributed by atoms with Gasteiger partial charge in [-0.15, -0.1) is 0 Å². The van der Waals surface area contributed by atoms with E-state index in [2.05, 4.69) is 4.74 Å². The van der Waals surface area contributed by atoms with Gasteiger partial charge in [-0.1, -0.05) is 0 Å². The third-order valence-corrected chi connectivity index (χ3v) is 1.48. The number of halogens is 1. The van der Waals surface area contributed by atoms with E-state index >= 15 is 0 Å². The highest BCUT2D eigenvalue weighted by atomic mass is 19.1. The van der Waals surface area contributed by atoms with Gasteiger partial charge in [-0.3, -0.25) is 4.79 Å². The predicted molar refractivity (Wildman–Crippen MR) is 46.9 cm³/mol. The molecule has 0 saturated heterocycles. The highest BCUT2D eigenvalue weighted by molar-refractivity contribution is 6.04. The Morgan fingerprint density at radius 3 is 2.54 bits per heavy atom. The van der Waals surface area contributed by atoms with Gasteiger partial charge in [0.1, 0.15) is 5.82 Å². The number of carbonyl (C=O) groups is 1. The maximum Gasteiger partial charge on any atom is 0.188 e. The molecule has 2 nitrogen and oxygen atoms in total. The Hall–Kier alpha value is -1.64. The molecule has 13 heavy (non-hydrogen) atoms. The number of ketones is 1. The van der Waals surface area contributed by atoms with E-state index in [1.54, 1.807) is 0 Å². The van der Waals surface area contributed by atoms with E-state index in [0.29, 0.717) is 5.56 Å². The van der Waals surface area contributed by atoms with Gasteiger partial charge in [0.2, 0.25) is 0 Å². The Balaban J connectivity index is 2.78. The zero-order valence-corrected chi connectivity index (χ0v) is 7.16. The van der Waals surface area contributed by atoms with Crippen LogP contribution >= 0.6 is 0 Å². The van der Waals surface area contributed by atoms with Crippen LogP contribution in [0.3, 0.4) is 0 Å². The molecular weight excluding hydrogens is 171 g/mol. The zero-order chi connectivity index (χ0) is 9.68. The van der Waals surface area contributed by atoms with E-state index in [1.807, 2.05) is 0 Å². The smallest absolute Gasteiger partial charge is 0.188 e. The molecule has 0 bridgehead atoms. The fourth-order valence-electron chi connectivity index (χ4n) is 0.840. The van der Waals surface area contributed by atoms with Crippen LogP contribution in [-0.4, -0.2) is 12.9 Å². The van der Waals surface area contributed by atoms with Crippen molar-refractivity contribution in [2.45, 2.75) is 0 Å². The average molecular weight is 180 g/mol. The first-order chi connectivity index (χ1) is 6.24. The van der Waals surface area contributed by atoms with E-state index in [-0.39, 0.29) is 11.6 Å². The van der Waals surface area contributed by atoms with E-state index < -0.39 is 0 Å². The number of methoxy groups -OCH3 is 1. The van der Waals surface area contributed by atoms with Gasteiger partial charge in [-0.25, -0.2) is 4.39 Å². The minimum Gasteiger partial charge on any atom is -0.504 e. The summed E-state index contributed by atoms with van der Waals surface area (Å²) in [7, 11) is 1.45. The Kier molecular flexibility index (Phi) is 3.20. The first kappa shape index (κ1) is 9.45. The molecule has 0 fully saturated rings. The monoisotopic (exact) mass is 180 g/mol. The van der Waals surface area contributed by atoms with Crippen LogP contribution in [0.1, 0.15) is 10.4 Å². The topological polar surface area (TPSA) is 26.3 Å². The van der Waals surface area contributed by atoms with Crippen LogP contribution in [0.4, 0.5) is 4.39 Å². The lowest BCUT2D eigenvalue weighted by Gasteiger charge is -1.94. The van der Waals surface area contributed by atoms with Gasteiger partial charge in [0.25, 0.3) is 0 Å². The van der Waals surface area contributed by atoms with Crippen molar-refractivity contribution in [2.75, 3.05) is 7.11 Å². The number of hydrogen-bond donors (Lipinski definition) is 0. The molecule has 1 aromatic carbocycles. The molecule has 0 heterocycles. The Labute approximate surface area is 75.6 Å². The van der Waals surface area contributed by atoms with Gasteiger partial charge >= 0.3 is 0 Å². The Morgan fingerprint density at radius 1 is 1.38 bits per heavy atom. The summed E-state index contributed by atoms with van der Waals surface area (Å²) in [5.41, 5.74) is 0.440. The second-order valence-electron chi connectivity index (χ2n) is 2.41. The van der Waals surface area contributed by atoms with Crippen LogP contribution in [0, 0.1) is 5.82 Å². The van der Waals surface area contributed by atoms with Crippen molar-refractivity contribution in [1.29, 1.82) is 0 Å². The number of allylic oxidation sites excluding steroid dienone is 1. The lowest BCUT2D eigenvalue weighted by atomic mass is 10.1. The second kappa shape index (κ2) is 4.40. The molecule has 0 spiro atoms. The van der Waals surface area contributed by atoms with Gasteiger partial charge in [0.15, 0.2) is 5.78 Å². The fourth-order valence-corrected chi connectivity index (χ4v) is 0.840. The number of rotatable bonds is 3. The third-order valence-electron chi connectivity index (χ3n) is 1.48. The van der Waals surface area contributed by atoms with E-state index in [4.69, 9.17) is 0 Å². The maximum absolute atomic E-state index is 12.4. The molecular formula is C10H9FO2. The molecule has 1 aromatic rings.